The molecule has 1 aromatic heterocycles. The number of carbonyl (C=O) groups is 1. The molecule has 25 heavy (non-hydrogen) atoms. The average molecular weight is 374 g/mol. The molecule has 0 saturated heterocycles. The maximum atomic E-state index is 12.2. The average Bonchev–Trinajstić information content (AvgIpc) is 2.85. The number of amides is 1. The first-order valence-corrected chi connectivity index (χ1v) is 8.61. The minimum atomic E-state index is -0.429. The number of halogens is 1. The van der Waals surface area contributed by atoms with Crippen LogP contribution < -0.4 is 11.1 Å². The molecule has 1 fully saturated rings. The van der Waals surface area contributed by atoms with Crippen LogP contribution in [0.5, 0.6) is 0 Å². The van der Waals surface area contributed by atoms with Gasteiger partial charge in [-0.05, 0) is 32.6 Å². The fourth-order valence-corrected chi connectivity index (χ4v) is 3.56. The Hall–Kier alpha value is -1.67. The van der Waals surface area contributed by atoms with E-state index in [1.165, 1.54) is 23.9 Å². The Bertz CT molecular complexity index is 599. The number of nitrogens with two attached hydrogens (primary N) is 1. The molecule has 1 aliphatic rings. The molecule has 1 saturated carbocycles. The molecule has 1 heterocycles. The van der Waals surface area contributed by atoms with Crippen molar-refractivity contribution in [1.29, 1.82) is 0 Å². The number of aromatic nitrogens is 2. The molecule has 0 bridgehead atoms. The van der Waals surface area contributed by atoms with Gasteiger partial charge >= 0.3 is 5.69 Å². The number of nitro groups is 1. The third-order valence-electron chi connectivity index (χ3n) is 4.90. The van der Waals surface area contributed by atoms with Gasteiger partial charge < -0.3 is 11.1 Å². The third-order valence-corrected chi connectivity index (χ3v) is 4.90. The molecule has 0 radical (unpaired) electrons. The first kappa shape index (κ1) is 21.4. The van der Waals surface area contributed by atoms with Gasteiger partial charge in [0, 0.05) is 19.0 Å². The second-order valence-electron chi connectivity index (χ2n) is 6.56. The molecular formula is C16H28ClN5O3. The summed E-state index contributed by atoms with van der Waals surface area (Å²) in [4.78, 5) is 22.8. The summed E-state index contributed by atoms with van der Waals surface area (Å²) in [5, 5.41) is 18.2. The molecular weight excluding hydrogens is 346 g/mol. The van der Waals surface area contributed by atoms with Crippen LogP contribution in [0.2, 0.25) is 0 Å². The molecule has 1 aromatic rings. The molecule has 142 valence electrons. The van der Waals surface area contributed by atoms with Gasteiger partial charge in [-0.1, -0.05) is 19.3 Å². The van der Waals surface area contributed by atoms with Crippen molar-refractivity contribution >= 4 is 24.0 Å². The smallest absolute Gasteiger partial charge is 0.312 e. The van der Waals surface area contributed by atoms with E-state index >= 15 is 0 Å². The molecule has 0 aliphatic heterocycles. The predicted molar refractivity (Wildman–Crippen MR) is 97.8 cm³/mol. The van der Waals surface area contributed by atoms with Crippen LogP contribution in [0.15, 0.2) is 0 Å². The molecule has 3 N–H and O–H groups in total. The van der Waals surface area contributed by atoms with E-state index in [4.69, 9.17) is 5.73 Å². The molecule has 8 nitrogen and oxygen atoms in total. The lowest BCUT2D eigenvalue weighted by Crippen LogP contribution is -2.46. The summed E-state index contributed by atoms with van der Waals surface area (Å²) in [7, 11) is 0. The number of nitrogens with zero attached hydrogens (tertiary/aromatic N) is 3. The fourth-order valence-electron chi connectivity index (χ4n) is 3.56. The van der Waals surface area contributed by atoms with E-state index in [9.17, 15) is 14.9 Å². The monoisotopic (exact) mass is 373 g/mol. The van der Waals surface area contributed by atoms with Crippen LogP contribution in [0, 0.1) is 29.9 Å². The zero-order valence-electron chi connectivity index (χ0n) is 14.9. The summed E-state index contributed by atoms with van der Waals surface area (Å²) < 4.78 is 1.53. The zero-order valence-corrected chi connectivity index (χ0v) is 15.7. The van der Waals surface area contributed by atoms with Crippen molar-refractivity contribution < 1.29 is 9.72 Å². The molecule has 0 aromatic carbocycles. The second-order valence-corrected chi connectivity index (χ2v) is 6.56. The van der Waals surface area contributed by atoms with Gasteiger partial charge in [-0.3, -0.25) is 19.6 Å². The van der Waals surface area contributed by atoms with Crippen molar-refractivity contribution in [3.63, 3.8) is 0 Å². The van der Waals surface area contributed by atoms with Crippen LogP contribution in [-0.2, 0) is 11.3 Å². The lowest BCUT2D eigenvalue weighted by Gasteiger charge is -2.30. The highest BCUT2D eigenvalue weighted by atomic mass is 35.5. The number of hydrogen-bond donors (Lipinski definition) is 2. The Morgan fingerprint density at radius 3 is 2.56 bits per heavy atom. The molecule has 9 heteroatoms. The summed E-state index contributed by atoms with van der Waals surface area (Å²) in [6.07, 6.45) is 6.14. The summed E-state index contributed by atoms with van der Waals surface area (Å²) in [6.45, 7) is 4.03. The van der Waals surface area contributed by atoms with Gasteiger partial charge in [-0.2, -0.15) is 5.10 Å². The maximum Gasteiger partial charge on any atom is 0.312 e. The number of carbonyl (C=O) groups excluding carboxylic acids is 1. The normalized spacial score (nSPS) is 16.1. The van der Waals surface area contributed by atoms with Crippen LogP contribution in [0.25, 0.3) is 0 Å². The summed E-state index contributed by atoms with van der Waals surface area (Å²) in [5.74, 6) is 0.383. The van der Waals surface area contributed by atoms with E-state index in [1.54, 1.807) is 13.8 Å². The van der Waals surface area contributed by atoms with Crippen molar-refractivity contribution in [2.45, 2.75) is 65.0 Å². The van der Waals surface area contributed by atoms with E-state index in [0.29, 0.717) is 30.4 Å². The maximum absolute atomic E-state index is 12.2. The Morgan fingerprint density at radius 2 is 2.04 bits per heavy atom. The van der Waals surface area contributed by atoms with Crippen LogP contribution in [0.1, 0.15) is 49.9 Å². The minimum absolute atomic E-state index is 0. The van der Waals surface area contributed by atoms with Gasteiger partial charge in [0.25, 0.3) is 0 Å². The van der Waals surface area contributed by atoms with Gasteiger partial charge in [0.15, 0.2) is 0 Å². The van der Waals surface area contributed by atoms with Crippen LogP contribution in [-0.4, -0.2) is 33.2 Å². The lowest BCUT2D eigenvalue weighted by molar-refractivity contribution is -0.386. The van der Waals surface area contributed by atoms with Gasteiger partial charge in [-0.15, -0.1) is 12.4 Å². The van der Waals surface area contributed by atoms with Gasteiger partial charge in [-0.25, -0.2) is 0 Å². The van der Waals surface area contributed by atoms with E-state index in [0.717, 1.165) is 12.8 Å². The van der Waals surface area contributed by atoms with E-state index < -0.39 is 4.92 Å². The molecule has 2 rings (SSSR count). The Morgan fingerprint density at radius 1 is 1.40 bits per heavy atom. The lowest BCUT2D eigenvalue weighted by atomic mass is 9.84. The van der Waals surface area contributed by atoms with Crippen molar-refractivity contribution in [1.82, 2.24) is 15.1 Å². The van der Waals surface area contributed by atoms with E-state index in [1.807, 2.05) is 0 Å². The molecule has 1 atom stereocenters. The molecule has 0 spiro atoms. The Kier molecular flexibility index (Phi) is 8.31. The summed E-state index contributed by atoms with van der Waals surface area (Å²) in [6, 6.07) is 0.0209. The second kappa shape index (κ2) is 9.72. The summed E-state index contributed by atoms with van der Waals surface area (Å²) in [5.41, 5.74) is 6.71. The van der Waals surface area contributed by atoms with Gasteiger partial charge in [0.1, 0.15) is 11.4 Å². The largest absolute Gasteiger partial charge is 0.352 e. The molecule has 1 aliphatic carbocycles. The third kappa shape index (κ3) is 5.40. The molecule has 1 amide bonds. The van der Waals surface area contributed by atoms with Crippen LogP contribution >= 0.6 is 12.4 Å². The van der Waals surface area contributed by atoms with Crippen molar-refractivity contribution in [2.75, 3.05) is 6.54 Å². The highest BCUT2D eigenvalue weighted by molar-refractivity contribution is 5.85. The first-order chi connectivity index (χ1) is 11.4. The Labute approximate surface area is 154 Å². The van der Waals surface area contributed by atoms with Crippen molar-refractivity contribution in [2.24, 2.45) is 11.7 Å². The highest BCUT2D eigenvalue weighted by Gasteiger charge is 2.25. The quantitative estimate of drug-likeness (QED) is 0.561. The Balaban J connectivity index is 0.00000312. The predicted octanol–water partition coefficient (Wildman–Crippen LogP) is 2.24. The van der Waals surface area contributed by atoms with Crippen LogP contribution in [0.4, 0.5) is 5.69 Å². The number of hydrogen-bond acceptors (Lipinski definition) is 5. The van der Waals surface area contributed by atoms with E-state index in [2.05, 4.69) is 10.4 Å². The van der Waals surface area contributed by atoms with Crippen molar-refractivity contribution in [3.05, 3.63) is 21.5 Å². The SMILES string of the molecule is Cc1nn(CCC(=O)NC(CN)C2CCCCC2)c(C)c1[N+](=O)[O-].Cl. The van der Waals surface area contributed by atoms with E-state index in [-0.39, 0.29) is 36.5 Å². The minimum Gasteiger partial charge on any atom is -0.352 e. The summed E-state index contributed by atoms with van der Waals surface area (Å²) >= 11 is 0. The number of nitrogens with one attached hydrogen (secondary N) is 1. The zero-order chi connectivity index (χ0) is 17.7. The van der Waals surface area contributed by atoms with Crippen LogP contribution in [0.3, 0.4) is 0 Å². The highest BCUT2D eigenvalue weighted by Crippen LogP contribution is 2.26. The topological polar surface area (TPSA) is 116 Å². The van der Waals surface area contributed by atoms with Gasteiger partial charge in [0.2, 0.25) is 5.91 Å². The number of rotatable bonds is 7. The standard InChI is InChI=1S/C16H27N5O3.ClH/c1-11-16(21(23)24)12(2)20(19-11)9-8-15(22)18-14(10-17)13-6-4-3-5-7-13;/h13-14H,3-10,17H2,1-2H3,(H,18,22);1H. The molecule has 1 unspecified atom stereocenters. The fraction of sp³-hybridized carbons (Fsp3) is 0.750. The number of aryl methyl sites for hydroxylation is 2. The van der Waals surface area contributed by atoms with Gasteiger partial charge in [0.05, 0.1) is 11.5 Å². The van der Waals surface area contributed by atoms with Crippen molar-refractivity contribution in [3.8, 4) is 0 Å². The first-order valence-electron chi connectivity index (χ1n) is 8.61.